The Balaban J connectivity index is 1.86. The van der Waals surface area contributed by atoms with Gasteiger partial charge in [0.25, 0.3) is 11.6 Å². The SMILES string of the molecule is COCCN(Cc1ccccc1)C(=O)c1ccc(Sc2nc(C)cs2)c([N+](=O)[O-])c1. The van der Waals surface area contributed by atoms with E-state index in [1.54, 1.807) is 24.1 Å². The number of aryl methyl sites for hydroxylation is 1. The van der Waals surface area contributed by atoms with Crippen LogP contribution >= 0.6 is 23.1 Å². The number of aromatic nitrogens is 1. The summed E-state index contributed by atoms with van der Waals surface area (Å²) in [5, 5.41) is 13.5. The maximum Gasteiger partial charge on any atom is 0.284 e. The normalized spacial score (nSPS) is 10.7. The average molecular weight is 444 g/mol. The quantitative estimate of drug-likeness (QED) is 0.349. The Morgan fingerprint density at radius 3 is 2.67 bits per heavy atom. The second-order valence-corrected chi connectivity index (χ2v) is 8.65. The van der Waals surface area contributed by atoms with E-state index in [4.69, 9.17) is 4.74 Å². The van der Waals surface area contributed by atoms with Crippen LogP contribution in [0.25, 0.3) is 0 Å². The summed E-state index contributed by atoms with van der Waals surface area (Å²) in [7, 11) is 1.57. The van der Waals surface area contributed by atoms with Gasteiger partial charge in [-0.3, -0.25) is 14.9 Å². The summed E-state index contributed by atoms with van der Waals surface area (Å²) in [6.07, 6.45) is 0. The minimum atomic E-state index is -0.462. The molecule has 0 fully saturated rings. The lowest BCUT2D eigenvalue weighted by Crippen LogP contribution is -2.33. The summed E-state index contributed by atoms with van der Waals surface area (Å²) in [6, 6.07) is 14.2. The Morgan fingerprint density at radius 2 is 2.03 bits per heavy atom. The van der Waals surface area contributed by atoms with E-state index in [2.05, 4.69) is 4.98 Å². The van der Waals surface area contributed by atoms with Gasteiger partial charge >= 0.3 is 0 Å². The summed E-state index contributed by atoms with van der Waals surface area (Å²) in [5.74, 6) is -0.277. The molecule has 1 heterocycles. The number of carbonyl (C=O) groups is 1. The molecule has 3 aromatic rings. The Hall–Kier alpha value is -2.75. The molecule has 0 bridgehead atoms. The van der Waals surface area contributed by atoms with Crippen molar-refractivity contribution < 1.29 is 14.5 Å². The van der Waals surface area contributed by atoms with Crippen molar-refractivity contribution in [2.45, 2.75) is 22.7 Å². The van der Waals surface area contributed by atoms with Crippen molar-refractivity contribution in [3.63, 3.8) is 0 Å². The number of hydrogen-bond acceptors (Lipinski definition) is 7. The smallest absolute Gasteiger partial charge is 0.284 e. The largest absolute Gasteiger partial charge is 0.383 e. The number of methoxy groups -OCH3 is 1. The van der Waals surface area contributed by atoms with Crippen molar-refractivity contribution >= 4 is 34.7 Å². The van der Waals surface area contributed by atoms with Crippen LogP contribution in [0.2, 0.25) is 0 Å². The highest BCUT2D eigenvalue weighted by Crippen LogP contribution is 2.37. The predicted octanol–water partition coefficient (Wildman–Crippen LogP) is 4.80. The van der Waals surface area contributed by atoms with Gasteiger partial charge in [-0.2, -0.15) is 0 Å². The topological polar surface area (TPSA) is 85.6 Å². The Labute approximate surface area is 182 Å². The highest BCUT2D eigenvalue weighted by atomic mass is 32.2. The third kappa shape index (κ3) is 5.65. The molecule has 0 saturated heterocycles. The minimum absolute atomic E-state index is 0.106. The number of thiazole rings is 1. The molecule has 2 aromatic carbocycles. The lowest BCUT2D eigenvalue weighted by molar-refractivity contribution is -0.387. The molecule has 1 aromatic heterocycles. The third-order valence-electron chi connectivity index (χ3n) is 4.27. The lowest BCUT2D eigenvalue weighted by Gasteiger charge is -2.22. The predicted molar refractivity (Wildman–Crippen MR) is 117 cm³/mol. The van der Waals surface area contributed by atoms with Gasteiger partial charge in [0.2, 0.25) is 0 Å². The number of benzene rings is 2. The molecule has 0 aliphatic heterocycles. The average Bonchev–Trinajstić information content (AvgIpc) is 3.16. The molecule has 0 unspecified atom stereocenters. The molecular formula is C21H21N3O4S2. The molecule has 0 spiro atoms. The molecule has 0 aliphatic rings. The van der Waals surface area contributed by atoms with Gasteiger partial charge < -0.3 is 9.64 Å². The first-order valence-electron chi connectivity index (χ1n) is 9.18. The van der Waals surface area contributed by atoms with Gasteiger partial charge in [-0.15, -0.1) is 11.3 Å². The molecular weight excluding hydrogens is 422 g/mol. The number of hydrogen-bond donors (Lipinski definition) is 0. The lowest BCUT2D eigenvalue weighted by atomic mass is 10.1. The molecule has 0 N–H and O–H groups in total. The van der Waals surface area contributed by atoms with Crippen molar-refractivity contribution in [3.8, 4) is 0 Å². The number of nitro groups is 1. The van der Waals surface area contributed by atoms with E-state index in [1.165, 1.54) is 29.2 Å². The van der Waals surface area contributed by atoms with Gasteiger partial charge in [0.15, 0.2) is 4.34 Å². The fourth-order valence-corrected chi connectivity index (χ4v) is 4.67. The molecule has 156 valence electrons. The van der Waals surface area contributed by atoms with Crippen LogP contribution in [0.1, 0.15) is 21.6 Å². The zero-order chi connectivity index (χ0) is 21.5. The van der Waals surface area contributed by atoms with Gasteiger partial charge in [-0.25, -0.2) is 4.98 Å². The summed E-state index contributed by atoms with van der Waals surface area (Å²) in [5.41, 5.74) is 2.01. The molecule has 0 radical (unpaired) electrons. The second kappa shape index (κ2) is 10.3. The van der Waals surface area contributed by atoms with E-state index in [1.807, 2.05) is 42.6 Å². The van der Waals surface area contributed by atoms with Crippen LogP contribution in [0.3, 0.4) is 0 Å². The number of amides is 1. The van der Waals surface area contributed by atoms with Crippen LogP contribution in [-0.2, 0) is 11.3 Å². The first kappa shape index (κ1) is 21.9. The number of nitrogens with zero attached hydrogens (tertiary/aromatic N) is 3. The van der Waals surface area contributed by atoms with Gasteiger partial charge in [0.1, 0.15) is 0 Å². The molecule has 30 heavy (non-hydrogen) atoms. The molecule has 7 nitrogen and oxygen atoms in total. The highest BCUT2D eigenvalue weighted by Gasteiger charge is 2.22. The van der Waals surface area contributed by atoms with E-state index < -0.39 is 4.92 Å². The minimum Gasteiger partial charge on any atom is -0.383 e. The summed E-state index contributed by atoms with van der Waals surface area (Å²) in [6.45, 7) is 3.02. The van der Waals surface area contributed by atoms with Crippen LogP contribution in [0.15, 0.2) is 63.1 Å². The van der Waals surface area contributed by atoms with Gasteiger partial charge in [-0.1, -0.05) is 42.1 Å². The monoisotopic (exact) mass is 443 g/mol. The molecule has 9 heteroatoms. The molecule has 1 amide bonds. The Bertz CT molecular complexity index is 1020. The number of rotatable bonds is 9. The fourth-order valence-electron chi connectivity index (χ4n) is 2.79. The molecule has 0 aliphatic carbocycles. The standard InChI is InChI=1S/C21H21N3O4S2/c1-15-14-29-21(22-15)30-19-9-8-17(12-18(19)24(26)27)20(25)23(10-11-28-2)13-16-6-4-3-5-7-16/h3-9,12,14H,10-11,13H2,1-2H3. The maximum atomic E-state index is 13.1. The van der Waals surface area contributed by atoms with Crippen LogP contribution < -0.4 is 0 Å². The summed E-state index contributed by atoms with van der Waals surface area (Å²) >= 11 is 2.66. The van der Waals surface area contributed by atoms with E-state index in [0.29, 0.717) is 24.6 Å². The van der Waals surface area contributed by atoms with Gasteiger partial charge in [0, 0.05) is 42.9 Å². The van der Waals surface area contributed by atoms with Crippen molar-refractivity contribution in [2.75, 3.05) is 20.3 Å². The number of nitro benzene ring substituents is 1. The van der Waals surface area contributed by atoms with Crippen molar-refractivity contribution in [2.24, 2.45) is 0 Å². The number of ether oxygens (including phenoxy) is 1. The molecule has 0 saturated carbocycles. The Morgan fingerprint density at radius 1 is 1.27 bits per heavy atom. The Kier molecular flexibility index (Phi) is 7.56. The molecule has 3 rings (SSSR count). The van der Waals surface area contributed by atoms with Crippen molar-refractivity contribution in [3.05, 3.63) is 80.8 Å². The third-order valence-corrected chi connectivity index (χ3v) is 6.39. The van der Waals surface area contributed by atoms with E-state index in [9.17, 15) is 14.9 Å². The number of carbonyl (C=O) groups excluding carboxylic acids is 1. The fraction of sp³-hybridized carbons (Fsp3) is 0.238. The van der Waals surface area contributed by atoms with E-state index >= 15 is 0 Å². The van der Waals surface area contributed by atoms with Gasteiger partial charge in [0.05, 0.1) is 16.4 Å². The first-order chi connectivity index (χ1) is 14.5. The van der Waals surface area contributed by atoms with Crippen LogP contribution in [0.5, 0.6) is 0 Å². The first-order valence-corrected chi connectivity index (χ1v) is 10.9. The van der Waals surface area contributed by atoms with Crippen molar-refractivity contribution in [1.82, 2.24) is 9.88 Å². The van der Waals surface area contributed by atoms with Crippen molar-refractivity contribution in [1.29, 1.82) is 0 Å². The molecule has 0 atom stereocenters. The zero-order valence-electron chi connectivity index (χ0n) is 16.6. The van der Waals surface area contributed by atoms with Crippen LogP contribution in [0.4, 0.5) is 5.69 Å². The van der Waals surface area contributed by atoms with Gasteiger partial charge in [-0.05, 0) is 24.6 Å². The summed E-state index contributed by atoms with van der Waals surface area (Å²) in [4.78, 5) is 30.8. The highest BCUT2D eigenvalue weighted by molar-refractivity contribution is 8.01. The van der Waals surface area contributed by atoms with E-state index in [-0.39, 0.29) is 17.2 Å². The second-order valence-electron chi connectivity index (χ2n) is 6.50. The van der Waals surface area contributed by atoms with Crippen LogP contribution in [-0.4, -0.2) is 41.0 Å². The maximum absolute atomic E-state index is 13.1. The zero-order valence-corrected chi connectivity index (χ0v) is 18.2. The van der Waals surface area contributed by atoms with Crippen LogP contribution in [0, 0.1) is 17.0 Å². The summed E-state index contributed by atoms with van der Waals surface area (Å²) < 4.78 is 5.86. The van der Waals surface area contributed by atoms with E-state index in [0.717, 1.165) is 15.6 Å².